The number of aliphatic imine (C=N–C) groups is 1. The number of fused-ring (bicyclic) bond motifs is 1. The highest BCUT2D eigenvalue weighted by molar-refractivity contribution is 6.03. The predicted octanol–water partition coefficient (Wildman–Crippen LogP) is 4.73. The maximum Gasteiger partial charge on any atom is 0.138 e. The minimum Gasteiger partial charge on any atom is -0.299 e. The maximum atomic E-state index is 12.6. The van der Waals surface area contributed by atoms with E-state index in [1.54, 1.807) is 0 Å². The summed E-state index contributed by atoms with van der Waals surface area (Å²) in [7, 11) is 0. The first-order valence-electron chi connectivity index (χ1n) is 7.93. The summed E-state index contributed by atoms with van der Waals surface area (Å²) < 4.78 is 0. The molecule has 0 N–H and O–H groups in total. The SMILES string of the molecule is CC(C)C(=O)C(CC1=CN=C2C=CC=CC12)CC(C)(C)C. The molecule has 0 saturated carbocycles. The summed E-state index contributed by atoms with van der Waals surface area (Å²) in [6.07, 6.45) is 12.1. The van der Waals surface area contributed by atoms with Crippen molar-refractivity contribution in [1.82, 2.24) is 0 Å². The molecule has 1 aliphatic carbocycles. The van der Waals surface area contributed by atoms with Crippen molar-refractivity contribution in [2.24, 2.45) is 28.2 Å². The van der Waals surface area contributed by atoms with E-state index < -0.39 is 0 Å². The summed E-state index contributed by atoms with van der Waals surface area (Å²) in [6, 6.07) is 0. The molecule has 2 unspecified atom stereocenters. The predicted molar refractivity (Wildman–Crippen MR) is 89.3 cm³/mol. The van der Waals surface area contributed by atoms with Crippen LogP contribution < -0.4 is 0 Å². The first kappa shape index (κ1) is 15.9. The number of carbonyl (C=O) groups excluding carboxylic acids is 1. The molecule has 0 aromatic rings. The van der Waals surface area contributed by atoms with Crippen molar-refractivity contribution >= 4 is 11.5 Å². The molecule has 2 rings (SSSR count). The fourth-order valence-corrected chi connectivity index (χ4v) is 3.15. The van der Waals surface area contributed by atoms with Gasteiger partial charge in [0.25, 0.3) is 0 Å². The van der Waals surface area contributed by atoms with Crippen molar-refractivity contribution in [3.8, 4) is 0 Å². The molecule has 0 amide bonds. The molecule has 2 nitrogen and oxygen atoms in total. The van der Waals surface area contributed by atoms with Crippen molar-refractivity contribution in [3.05, 3.63) is 36.1 Å². The summed E-state index contributed by atoms with van der Waals surface area (Å²) in [5.74, 6) is 0.874. The molecule has 1 heterocycles. The average Bonchev–Trinajstić information content (AvgIpc) is 2.79. The molecule has 2 heteroatoms. The fraction of sp³-hybridized carbons (Fsp3) is 0.579. The number of hydrogen-bond donors (Lipinski definition) is 0. The molecule has 0 aromatic heterocycles. The maximum absolute atomic E-state index is 12.6. The Labute approximate surface area is 128 Å². The third-order valence-electron chi connectivity index (χ3n) is 4.09. The van der Waals surface area contributed by atoms with Gasteiger partial charge in [-0.1, -0.05) is 52.8 Å². The van der Waals surface area contributed by atoms with Gasteiger partial charge in [0.1, 0.15) is 5.78 Å². The Morgan fingerprint density at radius 2 is 2.00 bits per heavy atom. The van der Waals surface area contributed by atoms with Crippen LogP contribution in [0.2, 0.25) is 0 Å². The fourth-order valence-electron chi connectivity index (χ4n) is 3.15. The van der Waals surface area contributed by atoms with E-state index in [0.717, 1.165) is 18.6 Å². The molecule has 2 atom stereocenters. The van der Waals surface area contributed by atoms with Crippen LogP contribution in [-0.4, -0.2) is 11.5 Å². The molecule has 0 fully saturated rings. The standard InChI is InChI=1S/C19H27NO/c1-13(2)18(21)14(11-19(3,4)5)10-15-12-20-17-9-7-6-8-16(15)17/h6-9,12-14,16H,10-11H2,1-5H3. The van der Waals surface area contributed by atoms with Crippen molar-refractivity contribution in [2.45, 2.75) is 47.5 Å². The minimum atomic E-state index is 0.0986. The zero-order chi connectivity index (χ0) is 15.6. The summed E-state index contributed by atoms with van der Waals surface area (Å²) >= 11 is 0. The number of carbonyl (C=O) groups is 1. The highest BCUT2D eigenvalue weighted by atomic mass is 16.1. The molecule has 1 aliphatic heterocycles. The molecule has 0 radical (unpaired) electrons. The van der Waals surface area contributed by atoms with Crippen molar-refractivity contribution in [1.29, 1.82) is 0 Å². The zero-order valence-corrected chi connectivity index (χ0v) is 13.9. The van der Waals surface area contributed by atoms with Crippen LogP contribution in [0, 0.1) is 23.2 Å². The number of rotatable bonds is 5. The molecule has 0 spiro atoms. The lowest BCUT2D eigenvalue weighted by Gasteiger charge is -2.28. The van der Waals surface area contributed by atoms with E-state index in [0.29, 0.717) is 5.78 Å². The van der Waals surface area contributed by atoms with Crippen LogP contribution in [0.25, 0.3) is 0 Å². The molecule has 2 aliphatic rings. The van der Waals surface area contributed by atoms with E-state index in [-0.39, 0.29) is 23.2 Å². The Kier molecular flexibility index (Phi) is 4.65. The van der Waals surface area contributed by atoms with E-state index in [1.807, 2.05) is 26.1 Å². The second-order valence-electron chi connectivity index (χ2n) is 7.70. The average molecular weight is 285 g/mol. The quantitative estimate of drug-likeness (QED) is 0.717. The van der Waals surface area contributed by atoms with E-state index >= 15 is 0 Å². The number of hydrogen-bond acceptors (Lipinski definition) is 2. The van der Waals surface area contributed by atoms with Gasteiger partial charge in [-0.05, 0) is 29.9 Å². The first-order chi connectivity index (χ1) is 9.78. The van der Waals surface area contributed by atoms with Gasteiger partial charge < -0.3 is 0 Å². The Hall–Kier alpha value is -1.44. The van der Waals surface area contributed by atoms with Crippen LogP contribution in [-0.2, 0) is 4.79 Å². The van der Waals surface area contributed by atoms with Crippen LogP contribution in [0.3, 0.4) is 0 Å². The van der Waals surface area contributed by atoms with Crippen LogP contribution in [0.4, 0.5) is 0 Å². The van der Waals surface area contributed by atoms with Gasteiger partial charge in [-0.15, -0.1) is 0 Å². The van der Waals surface area contributed by atoms with Crippen molar-refractivity contribution in [2.75, 3.05) is 0 Å². The Morgan fingerprint density at radius 1 is 1.29 bits per heavy atom. The Balaban J connectivity index is 2.11. The Bertz CT molecular complexity index is 526. The summed E-state index contributed by atoms with van der Waals surface area (Å²) in [5.41, 5.74) is 2.56. The molecule has 0 saturated heterocycles. The number of allylic oxidation sites excluding steroid dienone is 5. The normalized spacial score (nSPS) is 22.1. The van der Waals surface area contributed by atoms with E-state index in [9.17, 15) is 4.79 Å². The third kappa shape index (κ3) is 4.03. The molecular weight excluding hydrogens is 258 g/mol. The highest BCUT2D eigenvalue weighted by Crippen LogP contribution is 2.35. The molecule has 0 bridgehead atoms. The number of ketones is 1. The van der Waals surface area contributed by atoms with Crippen molar-refractivity contribution < 1.29 is 4.79 Å². The summed E-state index contributed by atoms with van der Waals surface area (Å²) in [6.45, 7) is 10.6. The van der Waals surface area contributed by atoms with Gasteiger partial charge in [-0.2, -0.15) is 0 Å². The second-order valence-corrected chi connectivity index (χ2v) is 7.70. The lowest BCUT2D eigenvalue weighted by Crippen LogP contribution is -2.26. The van der Waals surface area contributed by atoms with E-state index in [1.165, 1.54) is 5.57 Å². The molecular formula is C19H27NO. The van der Waals surface area contributed by atoms with Crippen LogP contribution >= 0.6 is 0 Å². The first-order valence-corrected chi connectivity index (χ1v) is 7.93. The molecule has 114 valence electrons. The summed E-state index contributed by atoms with van der Waals surface area (Å²) in [4.78, 5) is 17.1. The third-order valence-corrected chi connectivity index (χ3v) is 4.09. The van der Waals surface area contributed by atoms with Gasteiger partial charge in [0.15, 0.2) is 0 Å². The monoisotopic (exact) mass is 285 g/mol. The zero-order valence-electron chi connectivity index (χ0n) is 13.9. The lowest BCUT2D eigenvalue weighted by molar-refractivity contribution is -0.126. The minimum absolute atomic E-state index is 0.0986. The van der Waals surface area contributed by atoms with E-state index in [2.05, 4.69) is 44.0 Å². The largest absolute Gasteiger partial charge is 0.299 e. The lowest BCUT2D eigenvalue weighted by atomic mass is 9.76. The van der Waals surface area contributed by atoms with Crippen LogP contribution in [0.15, 0.2) is 41.1 Å². The topological polar surface area (TPSA) is 29.4 Å². The highest BCUT2D eigenvalue weighted by Gasteiger charge is 2.31. The molecule has 0 aromatic carbocycles. The van der Waals surface area contributed by atoms with Gasteiger partial charge in [0, 0.05) is 24.0 Å². The van der Waals surface area contributed by atoms with Crippen LogP contribution in [0.1, 0.15) is 47.5 Å². The van der Waals surface area contributed by atoms with Gasteiger partial charge in [0.2, 0.25) is 0 Å². The van der Waals surface area contributed by atoms with Gasteiger partial charge >= 0.3 is 0 Å². The molecule has 21 heavy (non-hydrogen) atoms. The van der Waals surface area contributed by atoms with E-state index in [4.69, 9.17) is 0 Å². The Morgan fingerprint density at radius 3 is 2.62 bits per heavy atom. The summed E-state index contributed by atoms with van der Waals surface area (Å²) in [5, 5.41) is 0. The van der Waals surface area contributed by atoms with Gasteiger partial charge in [-0.3, -0.25) is 9.79 Å². The second kappa shape index (κ2) is 6.13. The van der Waals surface area contributed by atoms with Crippen LogP contribution in [0.5, 0.6) is 0 Å². The number of nitrogens with zero attached hydrogens (tertiary/aromatic N) is 1. The smallest absolute Gasteiger partial charge is 0.138 e. The van der Waals surface area contributed by atoms with Gasteiger partial charge in [-0.25, -0.2) is 0 Å². The number of Topliss-reactive ketones (excluding diaryl/α,β-unsaturated/α-hetero) is 1. The van der Waals surface area contributed by atoms with Crippen molar-refractivity contribution in [3.63, 3.8) is 0 Å². The van der Waals surface area contributed by atoms with Gasteiger partial charge in [0.05, 0.1) is 5.71 Å².